The Kier molecular flexibility index (Phi) is 3.78. The molecular formula is C12H17N5O. The van der Waals surface area contributed by atoms with Crippen LogP contribution in [0.4, 0.5) is 5.69 Å². The summed E-state index contributed by atoms with van der Waals surface area (Å²) in [6.45, 7) is 1.57. The van der Waals surface area contributed by atoms with Crippen LogP contribution in [0.2, 0.25) is 0 Å². The molecule has 0 unspecified atom stereocenters. The number of piperidine rings is 1. The third-order valence-electron chi connectivity index (χ3n) is 3.09. The maximum Gasteiger partial charge on any atom is 0.166 e. The fourth-order valence-corrected chi connectivity index (χ4v) is 2.04. The lowest BCUT2D eigenvalue weighted by molar-refractivity contribution is -0.119. The number of amidine groups is 1. The minimum atomic E-state index is 0.341. The number of carbonyl (C=O) groups is 1. The predicted octanol–water partition coefficient (Wildman–Crippen LogP) is -0.0605. The molecule has 1 heterocycles. The highest BCUT2D eigenvalue weighted by molar-refractivity contribution is 5.98. The highest BCUT2D eigenvalue weighted by Crippen LogP contribution is 2.19. The van der Waals surface area contributed by atoms with E-state index in [-0.39, 0.29) is 0 Å². The number of Topliss-reactive ketones (excluding diaryl/α,β-unsaturated/α-hetero) is 1. The molecule has 0 saturated carbocycles. The summed E-state index contributed by atoms with van der Waals surface area (Å²) in [5.74, 6) is 11.3. The lowest BCUT2D eigenvalue weighted by atomic mass is 10.1. The first kappa shape index (κ1) is 12.4. The van der Waals surface area contributed by atoms with Gasteiger partial charge in [-0.1, -0.05) is 0 Å². The molecule has 0 radical (unpaired) electrons. The van der Waals surface area contributed by atoms with Crippen LogP contribution < -0.4 is 22.0 Å². The second-order valence-corrected chi connectivity index (χ2v) is 4.19. The number of hydrogen-bond donors (Lipinski definition) is 3. The number of nitrogens with one attached hydrogen (secondary N) is 1. The molecule has 96 valence electrons. The SMILES string of the molecule is N/N=C(\NN)c1ccc(N2CCC(=O)CC2)cc1. The van der Waals surface area contributed by atoms with E-state index in [1.165, 1.54) is 0 Å². The van der Waals surface area contributed by atoms with Gasteiger partial charge in [0.2, 0.25) is 0 Å². The van der Waals surface area contributed by atoms with Gasteiger partial charge in [0.05, 0.1) is 0 Å². The zero-order valence-corrected chi connectivity index (χ0v) is 10.1. The second kappa shape index (κ2) is 5.50. The van der Waals surface area contributed by atoms with Crippen LogP contribution >= 0.6 is 0 Å². The maximum absolute atomic E-state index is 11.2. The zero-order valence-electron chi connectivity index (χ0n) is 10.1. The highest BCUT2D eigenvalue weighted by Gasteiger charge is 2.16. The highest BCUT2D eigenvalue weighted by atomic mass is 16.1. The number of anilines is 1. The molecule has 0 bridgehead atoms. The molecule has 0 spiro atoms. The first-order valence-corrected chi connectivity index (χ1v) is 5.86. The number of rotatable bonds is 2. The van der Waals surface area contributed by atoms with Crippen LogP contribution in [-0.2, 0) is 4.79 Å². The smallest absolute Gasteiger partial charge is 0.166 e. The van der Waals surface area contributed by atoms with Crippen molar-refractivity contribution in [2.24, 2.45) is 16.8 Å². The number of nitrogens with two attached hydrogens (primary N) is 2. The minimum absolute atomic E-state index is 0.341. The van der Waals surface area contributed by atoms with E-state index in [1.807, 2.05) is 24.3 Å². The van der Waals surface area contributed by atoms with Gasteiger partial charge in [-0.05, 0) is 24.3 Å². The summed E-state index contributed by atoms with van der Waals surface area (Å²) >= 11 is 0. The molecule has 1 aromatic rings. The minimum Gasteiger partial charge on any atom is -0.371 e. The van der Waals surface area contributed by atoms with Crippen LogP contribution in [-0.4, -0.2) is 24.7 Å². The van der Waals surface area contributed by atoms with E-state index in [4.69, 9.17) is 11.7 Å². The average Bonchev–Trinajstić information content (AvgIpc) is 2.42. The Morgan fingerprint density at radius 3 is 2.33 bits per heavy atom. The molecule has 0 aromatic heterocycles. The van der Waals surface area contributed by atoms with E-state index in [9.17, 15) is 4.79 Å². The first-order chi connectivity index (χ1) is 8.74. The predicted molar refractivity (Wildman–Crippen MR) is 70.9 cm³/mol. The summed E-state index contributed by atoms with van der Waals surface area (Å²) in [7, 11) is 0. The van der Waals surface area contributed by atoms with Gasteiger partial charge in [-0.15, -0.1) is 0 Å². The molecule has 5 N–H and O–H groups in total. The Morgan fingerprint density at radius 1 is 1.22 bits per heavy atom. The summed E-state index contributed by atoms with van der Waals surface area (Å²) in [4.78, 5) is 13.4. The molecule has 1 aromatic carbocycles. The molecule has 1 fully saturated rings. The third kappa shape index (κ3) is 2.60. The number of hydrazone groups is 1. The first-order valence-electron chi connectivity index (χ1n) is 5.86. The second-order valence-electron chi connectivity index (χ2n) is 4.19. The van der Waals surface area contributed by atoms with E-state index in [0.717, 1.165) is 24.3 Å². The van der Waals surface area contributed by atoms with Crippen molar-refractivity contribution in [1.29, 1.82) is 0 Å². The molecule has 1 aliphatic rings. The van der Waals surface area contributed by atoms with Gasteiger partial charge < -0.3 is 16.2 Å². The lowest BCUT2D eigenvalue weighted by Gasteiger charge is -2.28. The Bertz CT molecular complexity index is 444. The molecule has 1 aliphatic heterocycles. The fourth-order valence-electron chi connectivity index (χ4n) is 2.04. The largest absolute Gasteiger partial charge is 0.371 e. The Labute approximate surface area is 106 Å². The molecule has 2 rings (SSSR count). The Balaban J connectivity index is 2.10. The van der Waals surface area contributed by atoms with Crippen LogP contribution in [0.5, 0.6) is 0 Å². The van der Waals surface area contributed by atoms with Crippen molar-refractivity contribution in [1.82, 2.24) is 5.43 Å². The summed E-state index contributed by atoms with van der Waals surface area (Å²) < 4.78 is 0. The van der Waals surface area contributed by atoms with Gasteiger partial charge in [-0.25, -0.2) is 5.84 Å². The summed E-state index contributed by atoms with van der Waals surface area (Å²) in [6.07, 6.45) is 1.25. The topological polar surface area (TPSA) is 96.7 Å². The standard InChI is InChI=1S/C12H17N5O/c13-15-12(16-14)9-1-3-10(4-2-9)17-7-5-11(18)6-8-17/h1-4H,5-8,13-14H2,(H,15,16). The van der Waals surface area contributed by atoms with Crippen molar-refractivity contribution in [2.45, 2.75) is 12.8 Å². The number of carbonyl (C=O) groups excluding carboxylic acids is 1. The van der Waals surface area contributed by atoms with Crippen LogP contribution in [0.3, 0.4) is 0 Å². The van der Waals surface area contributed by atoms with Crippen molar-refractivity contribution in [3.63, 3.8) is 0 Å². The van der Waals surface area contributed by atoms with Gasteiger partial charge >= 0.3 is 0 Å². The lowest BCUT2D eigenvalue weighted by Crippen LogP contribution is -2.34. The van der Waals surface area contributed by atoms with E-state index in [0.29, 0.717) is 24.5 Å². The Hall–Kier alpha value is -2.08. The summed E-state index contributed by atoms with van der Waals surface area (Å²) in [5.41, 5.74) is 4.37. The number of hydrogen-bond acceptors (Lipinski definition) is 5. The van der Waals surface area contributed by atoms with Crippen molar-refractivity contribution >= 4 is 17.3 Å². The quantitative estimate of drug-likeness (QED) is 0.294. The summed E-state index contributed by atoms with van der Waals surface area (Å²) in [5, 5.41) is 3.55. The molecule has 6 heteroatoms. The third-order valence-corrected chi connectivity index (χ3v) is 3.09. The fraction of sp³-hybridized carbons (Fsp3) is 0.333. The van der Waals surface area contributed by atoms with Gasteiger partial charge in [-0.2, -0.15) is 5.10 Å². The van der Waals surface area contributed by atoms with Gasteiger partial charge in [-0.3, -0.25) is 4.79 Å². The van der Waals surface area contributed by atoms with Crippen molar-refractivity contribution in [3.8, 4) is 0 Å². The normalized spacial score (nSPS) is 16.8. The van der Waals surface area contributed by atoms with Gasteiger partial charge in [0, 0.05) is 37.2 Å². The number of hydrazine groups is 1. The average molecular weight is 247 g/mol. The van der Waals surface area contributed by atoms with Crippen molar-refractivity contribution < 1.29 is 4.79 Å². The number of benzene rings is 1. The van der Waals surface area contributed by atoms with Crippen LogP contribution in [0.1, 0.15) is 18.4 Å². The molecule has 0 aliphatic carbocycles. The maximum atomic E-state index is 11.2. The molecule has 0 atom stereocenters. The van der Waals surface area contributed by atoms with E-state index in [1.54, 1.807) is 0 Å². The van der Waals surface area contributed by atoms with Crippen LogP contribution in [0, 0.1) is 0 Å². The zero-order chi connectivity index (χ0) is 13.0. The molecule has 6 nitrogen and oxygen atoms in total. The Morgan fingerprint density at radius 2 is 1.83 bits per heavy atom. The van der Waals surface area contributed by atoms with E-state index >= 15 is 0 Å². The monoisotopic (exact) mass is 247 g/mol. The van der Waals surface area contributed by atoms with Gasteiger partial charge in [0.25, 0.3) is 0 Å². The van der Waals surface area contributed by atoms with Crippen LogP contribution in [0.15, 0.2) is 29.4 Å². The van der Waals surface area contributed by atoms with Crippen LogP contribution in [0.25, 0.3) is 0 Å². The van der Waals surface area contributed by atoms with Gasteiger partial charge in [0.1, 0.15) is 5.78 Å². The molecular weight excluding hydrogens is 230 g/mol. The van der Waals surface area contributed by atoms with E-state index < -0.39 is 0 Å². The number of nitrogens with zero attached hydrogens (tertiary/aromatic N) is 2. The summed E-state index contributed by atoms with van der Waals surface area (Å²) in [6, 6.07) is 7.76. The molecule has 0 amide bonds. The number of ketones is 1. The van der Waals surface area contributed by atoms with Crippen molar-refractivity contribution in [2.75, 3.05) is 18.0 Å². The molecule has 18 heavy (non-hydrogen) atoms. The van der Waals surface area contributed by atoms with Gasteiger partial charge in [0.15, 0.2) is 5.84 Å². The van der Waals surface area contributed by atoms with E-state index in [2.05, 4.69) is 15.4 Å². The molecule has 1 saturated heterocycles. The van der Waals surface area contributed by atoms with Crippen molar-refractivity contribution in [3.05, 3.63) is 29.8 Å².